The van der Waals surface area contributed by atoms with Gasteiger partial charge >= 0.3 is 0 Å². The molecule has 2 rings (SSSR count). The second kappa shape index (κ2) is 4.91. The molecule has 1 fully saturated rings. The molecule has 1 saturated heterocycles. The van der Waals surface area contributed by atoms with E-state index < -0.39 is 0 Å². The molecule has 0 aromatic carbocycles. The lowest BCUT2D eigenvalue weighted by molar-refractivity contribution is 0.217. The van der Waals surface area contributed by atoms with Gasteiger partial charge in [0.2, 0.25) is 0 Å². The molecule has 1 unspecified atom stereocenters. The van der Waals surface area contributed by atoms with Crippen molar-refractivity contribution in [2.45, 2.75) is 12.8 Å². The van der Waals surface area contributed by atoms with Gasteiger partial charge in [0.05, 0.1) is 19.0 Å². The number of nitrogens with zero attached hydrogens (tertiary/aromatic N) is 2. The molecule has 14 heavy (non-hydrogen) atoms. The van der Waals surface area contributed by atoms with E-state index in [0.29, 0.717) is 5.92 Å². The minimum atomic E-state index is 0.629. The fraction of sp³-hybridized carbons (Fsp3) is 0.600. The van der Waals surface area contributed by atoms with E-state index >= 15 is 0 Å². The summed E-state index contributed by atoms with van der Waals surface area (Å²) in [6, 6.07) is 0. The molecular weight excluding hydrogens is 178 g/mol. The van der Waals surface area contributed by atoms with Gasteiger partial charge in [0, 0.05) is 12.5 Å². The van der Waals surface area contributed by atoms with Gasteiger partial charge in [-0.25, -0.2) is 9.97 Å². The van der Waals surface area contributed by atoms with E-state index in [1.807, 2.05) is 0 Å². The van der Waals surface area contributed by atoms with Crippen LogP contribution in [0.5, 0.6) is 5.75 Å². The van der Waals surface area contributed by atoms with Crippen molar-refractivity contribution >= 4 is 0 Å². The minimum absolute atomic E-state index is 0.629. The summed E-state index contributed by atoms with van der Waals surface area (Å²) in [5.41, 5.74) is 0. The molecule has 1 aliphatic rings. The van der Waals surface area contributed by atoms with Gasteiger partial charge in [-0.2, -0.15) is 0 Å². The molecule has 4 nitrogen and oxygen atoms in total. The third kappa shape index (κ3) is 2.67. The van der Waals surface area contributed by atoms with Crippen molar-refractivity contribution in [3.05, 3.63) is 18.7 Å². The van der Waals surface area contributed by atoms with Crippen molar-refractivity contribution in [1.82, 2.24) is 15.3 Å². The molecule has 76 valence electrons. The van der Waals surface area contributed by atoms with Gasteiger partial charge in [0.15, 0.2) is 5.75 Å². The van der Waals surface area contributed by atoms with Gasteiger partial charge in [-0.05, 0) is 19.4 Å². The molecule has 1 atom stereocenters. The molecule has 2 heterocycles. The summed E-state index contributed by atoms with van der Waals surface area (Å²) in [6.07, 6.45) is 7.40. The first kappa shape index (κ1) is 9.40. The van der Waals surface area contributed by atoms with Gasteiger partial charge in [-0.15, -0.1) is 0 Å². The van der Waals surface area contributed by atoms with Gasteiger partial charge < -0.3 is 10.1 Å². The first-order valence-electron chi connectivity index (χ1n) is 5.03. The van der Waals surface area contributed by atoms with E-state index in [4.69, 9.17) is 4.74 Å². The summed E-state index contributed by atoms with van der Waals surface area (Å²) in [4.78, 5) is 7.79. The molecule has 0 saturated carbocycles. The Morgan fingerprint density at radius 2 is 2.29 bits per heavy atom. The third-order valence-electron chi connectivity index (χ3n) is 2.42. The van der Waals surface area contributed by atoms with Crippen LogP contribution in [0.25, 0.3) is 0 Å². The quantitative estimate of drug-likeness (QED) is 0.773. The smallest absolute Gasteiger partial charge is 0.155 e. The summed E-state index contributed by atoms with van der Waals surface area (Å²) in [7, 11) is 0. The van der Waals surface area contributed by atoms with Gasteiger partial charge in [-0.3, -0.25) is 0 Å². The number of aromatic nitrogens is 2. The van der Waals surface area contributed by atoms with Crippen LogP contribution in [-0.4, -0.2) is 29.7 Å². The molecular formula is C10H15N3O. The molecule has 0 radical (unpaired) electrons. The fourth-order valence-corrected chi connectivity index (χ4v) is 1.64. The van der Waals surface area contributed by atoms with Crippen LogP contribution in [-0.2, 0) is 0 Å². The van der Waals surface area contributed by atoms with E-state index in [-0.39, 0.29) is 0 Å². The maximum Gasteiger partial charge on any atom is 0.155 e. The molecule has 0 spiro atoms. The van der Waals surface area contributed by atoms with Gasteiger partial charge in [0.1, 0.15) is 6.33 Å². The fourth-order valence-electron chi connectivity index (χ4n) is 1.64. The number of rotatable bonds is 3. The van der Waals surface area contributed by atoms with Crippen LogP contribution in [0, 0.1) is 5.92 Å². The highest BCUT2D eigenvalue weighted by atomic mass is 16.5. The van der Waals surface area contributed by atoms with E-state index in [1.165, 1.54) is 19.2 Å². The van der Waals surface area contributed by atoms with Crippen LogP contribution < -0.4 is 10.1 Å². The molecule has 1 aromatic rings. The predicted octanol–water partition coefficient (Wildman–Crippen LogP) is 0.855. The van der Waals surface area contributed by atoms with Crippen LogP contribution in [0.2, 0.25) is 0 Å². The molecule has 1 aromatic heterocycles. The number of hydrogen-bond acceptors (Lipinski definition) is 4. The van der Waals surface area contributed by atoms with Crippen molar-refractivity contribution < 1.29 is 4.74 Å². The zero-order chi connectivity index (χ0) is 9.64. The van der Waals surface area contributed by atoms with Crippen LogP contribution >= 0.6 is 0 Å². The normalized spacial score (nSPS) is 21.9. The average molecular weight is 193 g/mol. The number of piperidine rings is 1. The molecule has 0 bridgehead atoms. The van der Waals surface area contributed by atoms with Crippen molar-refractivity contribution in [1.29, 1.82) is 0 Å². The van der Waals surface area contributed by atoms with E-state index in [2.05, 4.69) is 15.3 Å². The van der Waals surface area contributed by atoms with Crippen LogP contribution in [0.3, 0.4) is 0 Å². The second-order valence-electron chi connectivity index (χ2n) is 3.60. The first-order valence-corrected chi connectivity index (χ1v) is 5.03. The Morgan fingerprint density at radius 1 is 1.43 bits per heavy atom. The zero-order valence-electron chi connectivity index (χ0n) is 8.15. The van der Waals surface area contributed by atoms with Crippen LogP contribution in [0.15, 0.2) is 18.7 Å². The summed E-state index contributed by atoms with van der Waals surface area (Å²) in [5, 5.41) is 3.36. The van der Waals surface area contributed by atoms with Gasteiger partial charge in [0.25, 0.3) is 0 Å². The lowest BCUT2D eigenvalue weighted by atomic mass is 10.0. The third-order valence-corrected chi connectivity index (χ3v) is 2.42. The molecule has 0 aliphatic carbocycles. The maximum absolute atomic E-state index is 5.58. The second-order valence-corrected chi connectivity index (χ2v) is 3.60. The van der Waals surface area contributed by atoms with Crippen LogP contribution in [0.1, 0.15) is 12.8 Å². The summed E-state index contributed by atoms with van der Waals surface area (Å²) in [5.74, 6) is 1.39. The van der Waals surface area contributed by atoms with E-state index in [0.717, 1.165) is 25.4 Å². The molecule has 4 heteroatoms. The van der Waals surface area contributed by atoms with Crippen molar-refractivity contribution in [2.75, 3.05) is 19.7 Å². The number of ether oxygens (including phenoxy) is 1. The Hall–Kier alpha value is -1.16. The SMILES string of the molecule is c1ncc(OCC2CCCNC2)cn1. The lowest BCUT2D eigenvalue weighted by Crippen LogP contribution is -2.33. The Morgan fingerprint density at radius 3 is 3.00 bits per heavy atom. The van der Waals surface area contributed by atoms with Crippen molar-refractivity contribution in [2.24, 2.45) is 5.92 Å². The number of nitrogens with one attached hydrogen (secondary N) is 1. The summed E-state index contributed by atoms with van der Waals surface area (Å²) >= 11 is 0. The Kier molecular flexibility index (Phi) is 3.29. The van der Waals surface area contributed by atoms with Crippen molar-refractivity contribution in [3.8, 4) is 5.75 Å². The molecule has 1 N–H and O–H groups in total. The number of hydrogen-bond donors (Lipinski definition) is 1. The highest BCUT2D eigenvalue weighted by Crippen LogP contribution is 2.12. The Labute approximate surface area is 83.7 Å². The highest BCUT2D eigenvalue weighted by Gasteiger charge is 2.13. The van der Waals surface area contributed by atoms with Crippen molar-refractivity contribution in [3.63, 3.8) is 0 Å². The minimum Gasteiger partial charge on any atom is -0.490 e. The maximum atomic E-state index is 5.58. The average Bonchev–Trinajstić information content (AvgIpc) is 2.29. The first-order chi connectivity index (χ1) is 6.95. The van der Waals surface area contributed by atoms with Crippen LogP contribution in [0.4, 0.5) is 0 Å². The lowest BCUT2D eigenvalue weighted by Gasteiger charge is -2.22. The van der Waals surface area contributed by atoms with Gasteiger partial charge in [-0.1, -0.05) is 0 Å². The zero-order valence-corrected chi connectivity index (χ0v) is 8.15. The van der Waals surface area contributed by atoms with E-state index in [9.17, 15) is 0 Å². The molecule has 0 amide bonds. The topological polar surface area (TPSA) is 47.0 Å². The van der Waals surface area contributed by atoms with E-state index in [1.54, 1.807) is 12.4 Å². The Balaban J connectivity index is 1.76. The highest BCUT2D eigenvalue weighted by molar-refractivity contribution is 5.09. The Bertz CT molecular complexity index is 259. The summed E-state index contributed by atoms with van der Waals surface area (Å²) in [6.45, 7) is 2.97. The summed E-state index contributed by atoms with van der Waals surface area (Å²) < 4.78 is 5.58. The monoisotopic (exact) mass is 193 g/mol. The largest absolute Gasteiger partial charge is 0.490 e. The molecule has 1 aliphatic heterocycles. The predicted molar refractivity (Wildman–Crippen MR) is 53.1 cm³/mol. The standard InChI is InChI=1S/C10H15N3O/c1-2-9(4-11-3-1)7-14-10-5-12-8-13-6-10/h5-6,8-9,11H,1-4,7H2.